The Balaban J connectivity index is 2.19. The molecule has 2 atom stereocenters. The highest BCUT2D eigenvalue weighted by atomic mass is 32.1. The first-order valence-electron chi connectivity index (χ1n) is 4.52. The largest absolute Gasteiger partial charge is 0.392 e. The van der Waals surface area contributed by atoms with Gasteiger partial charge in [0.15, 0.2) is 0 Å². The fraction of sp³-hybridized carbons (Fsp3) is 0.600. The van der Waals surface area contributed by atoms with Crippen molar-refractivity contribution in [1.29, 1.82) is 0 Å². The van der Waals surface area contributed by atoms with Gasteiger partial charge in [-0.15, -0.1) is 11.3 Å². The highest BCUT2D eigenvalue weighted by Crippen LogP contribution is 2.37. The predicted molar refractivity (Wildman–Crippen MR) is 51.7 cm³/mol. The molecule has 0 aromatic carbocycles. The van der Waals surface area contributed by atoms with Gasteiger partial charge in [0.1, 0.15) is 0 Å². The van der Waals surface area contributed by atoms with E-state index in [9.17, 15) is 5.11 Å². The van der Waals surface area contributed by atoms with Gasteiger partial charge in [0.05, 0.1) is 6.10 Å². The summed E-state index contributed by atoms with van der Waals surface area (Å²) in [5.74, 6) is 0.434. The third kappa shape index (κ3) is 1.41. The zero-order chi connectivity index (χ0) is 8.55. The predicted octanol–water partition coefficient (Wildman–Crippen LogP) is 2.68. The van der Waals surface area contributed by atoms with Gasteiger partial charge in [0.25, 0.3) is 0 Å². The summed E-state index contributed by atoms with van der Waals surface area (Å²) in [6.07, 6.45) is 3.26. The molecule has 1 aromatic heterocycles. The van der Waals surface area contributed by atoms with Crippen molar-refractivity contribution >= 4 is 11.3 Å². The first kappa shape index (κ1) is 8.27. The quantitative estimate of drug-likeness (QED) is 0.708. The molecule has 1 aliphatic rings. The van der Waals surface area contributed by atoms with Crippen molar-refractivity contribution in [3.8, 4) is 0 Å². The summed E-state index contributed by atoms with van der Waals surface area (Å²) >= 11 is 1.83. The van der Waals surface area contributed by atoms with Crippen molar-refractivity contribution in [2.24, 2.45) is 0 Å². The first-order chi connectivity index (χ1) is 5.77. The first-order valence-corrected chi connectivity index (χ1v) is 5.33. The van der Waals surface area contributed by atoms with Gasteiger partial charge in [-0.2, -0.15) is 0 Å². The molecule has 66 valence electrons. The fourth-order valence-electron chi connectivity index (χ4n) is 1.93. The Bertz CT molecular complexity index is 267. The maximum absolute atomic E-state index is 9.66. The molecular weight excluding hydrogens is 168 g/mol. The molecule has 0 radical (unpaired) electrons. The van der Waals surface area contributed by atoms with Crippen LogP contribution in [0.2, 0.25) is 0 Å². The zero-order valence-electron chi connectivity index (χ0n) is 7.29. The fourth-order valence-corrected chi connectivity index (χ4v) is 3.00. The van der Waals surface area contributed by atoms with Crippen molar-refractivity contribution in [3.05, 3.63) is 21.9 Å². The summed E-state index contributed by atoms with van der Waals surface area (Å²) in [7, 11) is 0. The number of hydrogen-bond acceptors (Lipinski definition) is 2. The van der Waals surface area contributed by atoms with Crippen LogP contribution in [0, 0.1) is 6.92 Å². The smallest absolute Gasteiger partial charge is 0.0616 e. The molecule has 1 saturated carbocycles. The average molecular weight is 182 g/mol. The zero-order valence-corrected chi connectivity index (χ0v) is 8.10. The van der Waals surface area contributed by atoms with Crippen molar-refractivity contribution in [2.75, 3.05) is 0 Å². The lowest BCUT2D eigenvalue weighted by molar-refractivity contribution is 0.165. The summed E-state index contributed by atoms with van der Waals surface area (Å²) in [5, 5.41) is 9.66. The topological polar surface area (TPSA) is 20.2 Å². The summed E-state index contributed by atoms with van der Waals surface area (Å²) in [5.41, 5.74) is 0. The second kappa shape index (κ2) is 3.19. The monoisotopic (exact) mass is 182 g/mol. The minimum Gasteiger partial charge on any atom is -0.392 e. The molecule has 0 saturated heterocycles. The van der Waals surface area contributed by atoms with E-state index in [4.69, 9.17) is 0 Å². The molecule has 1 nitrogen and oxygen atoms in total. The molecule has 2 heteroatoms. The van der Waals surface area contributed by atoms with Gasteiger partial charge in [0.2, 0.25) is 0 Å². The van der Waals surface area contributed by atoms with Gasteiger partial charge in [-0.1, -0.05) is 6.42 Å². The van der Waals surface area contributed by atoms with Gasteiger partial charge in [-0.05, 0) is 31.9 Å². The van der Waals surface area contributed by atoms with Crippen LogP contribution in [0.1, 0.15) is 34.9 Å². The third-order valence-electron chi connectivity index (χ3n) is 2.61. The Morgan fingerprint density at radius 3 is 2.75 bits per heavy atom. The van der Waals surface area contributed by atoms with Crippen LogP contribution in [-0.2, 0) is 0 Å². The van der Waals surface area contributed by atoms with E-state index in [-0.39, 0.29) is 6.10 Å². The molecule has 1 aromatic rings. The summed E-state index contributed by atoms with van der Waals surface area (Å²) in [6.45, 7) is 2.12. The van der Waals surface area contributed by atoms with Gasteiger partial charge in [-0.25, -0.2) is 0 Å². The molecule has 0 amide bonds. The Morgan fingerprint density at radius 2 is 2.25 bits per heavy atom. The van der Waals surface area contributed by atoms with Crippen LogP contribution in [0.4, 0.5) is 0 Å². The lowest BCUT2D eigenvalue weighted by atomic mass is 10.0. The van der Waals surface area contributed by atoms with Crippen molar-refractivity contribution < 1.29 is 5.11 Å². The van der Waals surface area contributed by atoms with Crippen molar-refractivity contribution in [3.63, 3.8) is 0 Å². The highest BCUT2D eigenvalue weighted by molar-refractivity contribution is 7.12. The highest BCUT2D eigenvalue weighted by Gasteiger charge is 2.27. The summed E-state index contributed by atoms with van der Waals surface area (Å²) in [4.78, 5) is 2.72. The number of aliphatic hydroxyl groups is 1. The summed E-state index contributed by atoms with van der Waals surface area (Å²) < 4.78 is 0. The van der Waals surface area contributed by atoms with Crippen molar-refractivity contribution in [2.45, 2.75) is 38.2 Å². The van der Waals surface area contributed by atoms with Gasteiger partial charge in [0, 0.05) is 15.7 Å². The number of hydrogen-bond donors (Lipinski definition) is 1. The van der Waals surface area contributed by atoms with Gasteiger partial charge >= 0.3 is 0 Å². The number of aliphatic hydroxyl groups excluding tert-OH is 1. The Labute approximate surface area is 77.0 Å². The molecular formula is C10H14OS. The standard InChI is InChI=1S/C10H14OS/c1-7-5-6-10(12-7)8-3-2-4-9(8)11/h5-6,8-9,11H,2-4H2,1H3/t8-,9-/m0/s1. The van der Waals surface area contributed by atoms with Crippen LogP contribution in [-0.4, -0.2) is 11.2 Å². The molecule has 1 fully saturated rings. The van der Waals surface area contributed by atoms with Crippen molar-refractivity contribution in [1.82, 2.24) is 0 Å². The third-order valence-corrected chi connectivity index (χ3v) is 3.74. The molecule has 0 aliphatic heterocycles. The average Bonchev–Trinajstić information content (AvgIpc) is 2.58. The molecule has 2 rings (SSSR count). The number of aryl methyl sites for hydroxylation is 1. The van der Waals surface area contributed by atoms with E-state index in [0.29, 0.717) is 5.92 Å². The normalized spacial score (nSPS) is 29.5. The molecule has 0 bridgehead atoms. The second-order valence-electron chi connectivity index (χ2n) is 3.55. The van der Waals surface area contributed by atoms with E-state index in [1.165, 1.54) is 22.6 Å². The van der Waals surface area contributed by atoms with E-state index < -0.39 is 0 Å². The van der Waals surface area contributed by atoms with Crippen LogP contribution in [0.3, 0.4) is 0 Å². The van der Waals surface area contributed by atoms with Crippen LogP contribution in [0.15, 0.2) is 12.1 Å². The van der Waals surface area contributed by atoms with E-state index >= 15 is 0 Å². The second-order valence-corrected chi connectivity index (χ2v) is 4.87. The van der Waals surface area contributed by atoms with E-state index in [2.05, 4.69) is 19.1 Å². The van der Waals surface area contributed by atoms with Gasteiger partial charge < -0.3 is 5.11 Å². The maximum Gasteiger partial charge on any atom is 0.0616 e. The minimum atomic E-state index is -0.0805. The maximum atomic E-state index is 9.66. The van der Waals surface area contributed by atoms with Crippen LogP contribution >= 0.6 is 11.3 Å². The SMILES string of the molecule is Cc1ccc([C@H]2CCC[C@@H]2O)s1. The molecule has 1 aliphatic carbocycles. The van der Waals surface area contributed by atoms with Crippen LogP contribution in [0.25, 0.3) is 0 Å². The lowest BCUT2D eigenvalue weighted by Crippen LogP contribution is -2.09. The molecule has 0 unspecified atom stereocenters. The minimum absolute atomic E-state index is 0.0805. The van der Waals surface area contributed by atoms with Crippen LogP contribution in [0.5, 0.6) is 0 Å². The Kier molecular flexibility index (Phi) is 2.20. The van der Waals surface area contributed by atoms with E-state index in [0.717, 1.165) is 6.42 Å². The van der Waals surface area contributed by atoms with Crippen LogP contribution < -0.4 is 0 Å². The van der Waals surface area contributed by atoms with E-state index in [1.54, 1.807) is 0 Å². The molecule has 1 heterocycles. The number of rotatable bonds is 1. The molecule has 0 spiro atoms. The lowest BCUT2D eigenvalue weighted by Gasteiger charge is -2.11. The Morgan fingerprint density at radius 1 is 1.42 bits per heavy atom. The Hall–Kier alpha value is -0.340. The van der Waals surface area contributed by atoms with E-state index in [1.807, 2.05) is 11.3 Å². The van der Waals surface area contributed by atoms with Gasteiger partial charge in [-0.3, -0.25) is 0 Å². The molecule has 12 heavy (non-hydrogen) atoms. The molecule has 1 N–H and O–H groups in total. The number of thiophene rings is 1. The summed E-state index contributed by atoms with van der Waals surface area (Å²) in [6, 6.07) is 4.31.